The Morgan fingerprint density at radius 2 is 1.86 bits per heavy atom. The van der Waals surface area contributed by atoms with Gasteiger partial charge in [-0.05, 0) is 36.4 Å². The van der Waals surface area contributed by atoms with Crippen LogP contribution in [0.4, 0.5) is 0 Å². The fourth-order valence-electron chi connectivity index (χ4n) is 3.24. The smallest absolute Gasteiger partial charge is 0.309 e. The van der Waals surface area contributed by atoms with Crippen LogP contribution in [-0.2, 0) is 9.53 Å². The maximum Gasteiger partial charge on any atom is 0.309 e. The zero-order valence-electron chi connectivity index (χ0n) is 16.4. The van der Waals surface area contributed by atoms with E-state index in [1.165, 1.54) is 25.6 Å². The van der Waals surface area contributed by atoms with Gasteiger partial charge in [-0.15, -0.1) is 11.3 Å². The maximum absolute atomic E-state index is 12.4. The third kappa shape index (κ3) is 4.95. The number of methoxy groups -OCH3 is 2. The maximum atomic E-state index is 12.4. The summed E-state index contributed by atoms with van der Waals surface area (Å²) in [6.45, 7) is 0.642. The monoisotopic (exact) mass is 417 g/mol. The first kappa shape index (κ1) is 20.9. The number of thiophene rings is 1. The fourth-order valence-corrected chi connectivity index (χ4v) is 3.93. The van der Waals surface area contributed by atoms with Crippen LogP contribution in [0.1, 0.15) is 32.9 Å². The number of amides is 1. The van der Waals surface area contributed by atoms with Gasteiger partial charge in [-0.3, -0.25) is 14.4 Å². The topological polar surface area (TPSA) is 82.1 Å². The standard InChI is InChI=1S/C21H23NO6S/c1-26-15-5-6-16(18(12-15)27-2)17(23)13-28-21(25)14-7-9-22(10-8-14)20(24)19-4-3-11-29-19/h3-6,11-12,14H,7-10,13H2,1-2H3. The summed E-state index contributed by atoms with van der Waals surface area (Å²) in [4.78, 5) is 39.6. The molecule has 29 heavy (non-hydrogen) atoms. The second-order valence-corrected chi connectivity index (χ2v) is 7.59. The highest BCUT2D eigenvalue weighted by Gasteiger charge is 2.29. The molecule has 8 heteroatoms. The molecule has 1 aromatic carbocycles. The average Bonchev–Trinajstić information content (AvgIpc) is 3.31. The number of carbonyl (C=O) groups is 3. The van der Waals surface area contributed by atoms with E-state index in [2.05, 4.69) is 0 Å². The van der Waals surface area contributed by atoms with E-state index in [1.807, 2.05) is 11.4 Å². The minimum Gasteiger partial charge on any atom is -0.497 e. The lowest BCUT2D eigenvalue weighted by atomic mass is 9.97. The zero-order valence-corrected chi connectivity index (χ0v) is 17.2. The number of hydrogen-bond acceptors (Lipinski definition) is 7. The lowest BCUT2D eigenvalue weighted by Gasteiger charge is -2.30. The Bertz CT molecular complexity index is 871. The van der Waals surface area contributed by atoms with Gasteiger partial charge in [-0.1, -0.05) is 6.07 Å². The molecule has 1 saturated heterocycles. The van der Waals surface area contributed by atoms with Crippen LogP contribution >= 0.6 is 11.3 Å². The number of ether oxygens (including phenoxy) is 3. The van der Waals surface area contributed by atoms with E-state index in [9.17, 15) is 14.4 Å². The number of carbonyl (C=O) groups excluding carboxylic acids is 3. The second-order valence-electron chi connectivity index (χ2n) is 6.64. The Morgan fingerprint density at radius 1 is 1.10 bits per heavy atom. The molecule has 1 fully saturated rings. The molecule has 3 rings (SSSR count). The van der Waals surface area contributed by atoms with Crippen molar-refractivity contribution in [3.8, 4) is 11.5 Å². The van der Waals surface area contributed by atoms with Gasteiger partial charge < -0.3 is 19.1 Å². The Hall–Kier alpha value is -2.87. The van der Waals surface area contributed by atoms with Gasteiger partial charge in [0, 0.05) is 19.2 Å². The molecule has 2 heterocycles. The van der Waals surface area contributed by atoms with E-state index in [0.717, 1.165) is 0 Å². The van der Waals surface area contributed by atoms with Crippen LogP contribution in [0, 0.1) is 5.92 Å². The van der Waals surface area contributed by atoms with Crippen molar-refractivity contribution >= 4 is 29.0 Å². The van der Waals surface area contributed by atoms with Gasteiger partial charge in [0.2, 0.25) is 5.78 Å². The molecule has 154 valence electrons. The summed E-state index contributed by atoms with van der Waals surface area (Å²) in [5.74, 6) is -0.135. The van der Waals surface area contributed by atoms with Crippen molar-refractivity contribution in [1.82, 2.24) is 4.90 Å². The Kier molecular flexibility index (Phi) is 6.87. The molecule has 7 nitrogen and oxygen atoms in total. The summed E-state index contributed by atoms with van der Waals surface area (Å²) in [6, 6.07) is 8.49. The molecule has 0 N–H and O–H groups in total. The highest BCUT2D eigenvalue weighted by atomic mass is 32.1. The summed E-state index contributed by atoms with van der Waals surface area (Å²) < 4.78 is 15.6. The van der Waals surface area contributed by atoms with E-state index in [0.29, 0.717) is 47.9 Å². The van der Waals surface area contributed by atoms with Gasteiger partial charge in [0.1, 0.15) is 11.5 Å². The number of ketones is 1. The minimum atomic E-state index is -0.408. The van der Waals surface area contributed by atoms with Crippen LogP contribution in [0.2, 0.25) is 0 Å². The van der Waals surface area contributed by atoms with Gasteiger partial charge in [0.05, 0.1) is 30.6 Å². The quantitative estimate of drug-likeness (QED) is 0.509. The molecule has 0 radical (unpaired) electrons. The van der Waals surface area contributed by atoms with Crippen LogP contribution in [-0.4, -0.2) is 56.5 Å². The Labute approximate surface area is 173 Å². The largest absolute Gasteiger partial charge is 0.497 e. The number of hydrogen-bond donors (Lipinski definition) is 0. The lowest BCUT2D eigenvalue weighted by Crippen LogP contribution is -2.40. The summed E-state index contributed by atoms with van der Waals surface area (Å²) in [5.41, 5.74) is 0.331. The van der Waals surface area contributed by atoms with Crippen LogP contribution in [0.25, 0.3) is 0 Å². The average molecular weight is 417 g/mol. The van der Waals surface area contributed by atoms with Gasteiger partial charge in [-0.2, -0.15) is 0 Å². The van der Waals surface area contributed by atoms with E-state index in [1.54, 1.807) is 29.2 Å². The van der Waals surface area contributed by atoms with Crippen molar-refractivity contribution in [2.75, 3.05) is 33.9 Å². The first-order valence-corrected chi connectivity index (χ1v) is 10.2. The van der Waals surface area contributed by atoms with Crippen LogP contribution in [0.3, 0.4) is 0 Å². The summed E-state index contributed by atoms with van der Waals surface area (Å²) in [5, 5.41) is 1.87. The number of rotatable bonds is 7. The molecule has 0 saturated carbocycles. The SMILES string of the molecule is COc1ccc(C(=O)COC(=O)C2CCN(C(=O)c3cccs3)CC2)c(OC)c1. The minimum absolute atomic E-state index is 0.00593. The summed E-state index contributed by atoms with van der Waals surface area (Å²) >= 11 is 1.41. The van der Waals surface area contributed by atoms with E-state index in [4.69, 9.17) is 14.2 Å². The van der Waals surface area contributed by atoms with Crippen molar-refractivity contribution in [1.29, 1.82) is 0 Å². The highest BCUT2D eigenvalue weighted by molar-refractivity contribution is 7.12. The first-order chi connectivity index (χ1) is 14.0. The number of Topliss-reactive ketones (excluding diaryl/α,β-unsaturated/α-hetero) is 1. The predicted octanol–water partition coefficient (Wildman–Crippen LogP) is 3.04. The Morgan fingerprint density at radius 3 is 2.48 bits per heavy atom. The van der Waals surface area contributed by atoms with Crippen molar-refractivity contribution in [3.63, 3.8) is 0 Å². The molecular weight excluding hydrogens is 394 g/mol. The van der Waals surface area contributed by atoms with Crippen LogP contribution < -0.4 is 9.47 Å². The normalized spacial score (nSPS) is 14.3. The van der Waals surface area contributed by atoms with Crippen molar-refractivity contribution in [2.24, 2.45) is 5.92 Å². The van der Waals surface area contributed by atoms with Crippen LogP contribution in [0.5, 0.6) is 11.5 Å². The molecule has 1 aliphatic heterocycles. The third-order valence-electron chi connectivity index (χ3n) is 4.90. The number of benzene rings is 1. The predicted molar refractivity (Wildman–Crippen MR) is 108 cm³/mol. The first-order valence-electron chi connectivity index (χ1n) is 9.28. The van der Waals surface area contributed by atoms with Crippen molar-refractivity contribution < 1.29 is 28.6 Å². The highest BCUT2D eigenvalue weighted by Crippen LogP contribution is 2.26. The molecule has 2 aromatic rings. The number of nitrogens with zero attached hydrogens (tertiary/aromatic N) is 1. The number of piperidine rings is 1. The van der Waals surface area contributed by atoms with E-state index < -0.39 is 5.97 Å². The van der Waals surface area contributed by atoms with E-state index in [-0.39, 0.29) is 24.2 Å². The molecule has 1 aliphatic rings. The van der Waals surface area contributed by atoms with Gasteiger partial charge in [0.25, 0.3) is 5.91 Å². The third-order valence-corrected chi connectivity index (χ3v) is 5.76. The van der Waals surface area contributed by atoms with Crippen LogP contribution in [0.15, 0.2) is 35.7 Å². The zero-order chi connectivity index (χ0) is 20.8. The van der Waals surface area contributed by atoms with Crippen molar-refractivity contribution in [2.45, 2.75) is 12.8 Å². The summed E-state index contributed by atoms with van der Waals surface area (Å²) in [6.07, 6.45) is 1.05. The second kappa shape index (κ2) is 9.56. The number of esters is 1. The number of likely N-dealkylation sites (tertiary alicyclic amines) is 1. The fraction of sp³-hybridized carbons (Fsp3) is 0.381. The van der Waals surface area contributed by atoms with Gasteiger partial charge in [0.15, 0.2) is 6.61 Å². The van der Waals surface area contributed by atoms with Crippen molar-refractivity contribution in [3.05, 3.63) is 46.2 Å². The molecule has 0 unspecified atom stereocenters. The lowest BCUT2D eigenvalue weighted by molar-refractivity contribution is -0.148. The molecular formula is C21H23NO6S. The molecule has 0 bridgehead atoms. The summed E-state index contributed by atoms with van der Waals surface area (Å²) in [7, 11) is 2.99. The molecule has 0 atom stereocenters. The molecule has 1 amide bonds. The van der Waals surface area contributed by atoms with Gasteiger partial charge >= 0.3 is 5.97 Å². The Balaban J connectivity index is 1.50. The van der Waals surface area contributed by atoms with E-state index >= 15 is 0 Å². The molecule has 1 aromatic heterocycles. The van der Waals surface area contributed by atoms with Gasteiger partial charge in [-0.25, -0.2) is 0 Å². The molecule has 0 spiro atoms. The molecule has 0 aliphatic carbocycles.